The summed E-state index contributed by atoms with van der Waals surface area (Å²) in [5.41, 5.74) is 0. The molecule has 17 heavy (non-hydrogen) atoms. The summed E-state index contributed by atoms with van der Waals surface area (Å²) in [5.74, 6) is -0.937. The van der Waals surface area contributed by atoms with Crippen molar-refractivity contribution in [3.8, 4) is 6.07 Å². The van der Waals surface area contributed by atoms with Gasteiger partial charge in [-0.05, 0) is 19.8 Å². The molecule has 1 saturated carbocycles. The van der Waals surface area contributed by atoms with E-state index in [2.05, 4.69) is 5.32 Å². The molecule has 1 aliphatic carbocycles. The molecule has 1 rings (SSSR count). The van der Waals surface area contributed by atoms with Crippen LogP contribution in [0.15, 0.2) is 0 Å². The summed E-state index contributed by atoms with van der Waals surface area (Å²) < 4.78 is 0. The smallest absolute Gasteiger partial charge is 0.317 e. The fourth-order valence-corrected chi connectivity index (χ4v) is 1.61. The minimum atomic E-state index is -0.937. The molecule has 2 amide bonds. The predicted molar refractivity (Wildman–Crippen MR) is 60.2 cm³/mol. The van der Waals surface area contributed by atoms with Crippen LogP contribution in [0.1, 0.15) is 32.6 Å². The molecule has 1 unspecified atom stereocenters. The Bertz CT molecular complexity index is 333. The van der Waals surface area contributed by atoms with Gasteiger partial charge in [0.1, 0.15) is 0 Å². The first-order valence-electron chi connectivity index (χ1n) is 5.70. The van der Waals surface area contributed by atoms with Gasteiger partial charge in [-0.15, -0.1) is 0 Å². The zero-order chi connectivity index (χ0) is 12.8. The van der Waals surface area contributed by atoms with Crippen LogP contribution in [0.3, 0.4) is 0 Å². The van der Waals surface area contributed by atoms with Crippen molar-refractivity contribution < 1.29 is 14.7 Å². The van der Waals surface area contributed by atoms with Crippen LogP contribution in [-0.2, 0) is 4.79 Å². The summed E-state index contributed by atoms with van der Waals surface area (Å²) in [6.45, 7) is 2.06. The fraction of sp³-hybridized carbons (Fsp3) is 0.727. The van der Waals surface area contributed by atoms with Crippen LogP contribution in [0.5, 0.6) is 0 Å². The largest absolute Gasteiger partial charge is 0.481 e. The molecule has 1 atom stereocenters. The molecule has 0 aromatic heterocycles. The van der Waals surface area contributed by atoms with Gasteiger partial charge in [0.2, 0.25) is 0 Å². The Morgan fingerprint density at radius 2 is 2.24 bits per heavy atom. The number of amides is 2. The van der Waals surface area contributed by atoms with Crippen molar-refractivity contribution in [3.05, 3.63) is 0 Å². The number of carboxylic acid groups (broad SMARTS) is 1. The van der Waals surface area contributed by atoms with E-state index in [9.17, 15) is 9.59 Å². The molecule has 2 N–H and O–H groups in total. The van der Waals surface area contributed by atoms with Crippen LogP contribution in [0, 0.1) is 11.3 Å². The Labute approximate surface area is 100 Å². The third-order valence-corrected chi connectivity index (χ3v) is 2.56. The average molecular weight is 239 g/mol. The highest BCUT2D eigenvalue weighted by Crippen LogP contribution is 2.26. The van der Waals surface area contributed by atoms with E-state index in [1.807, 2.05) is 6.07 Å². The second-order valence-electron chi connectivity index (χ2n) is 4.28. The minimum absolute atomic E-state index is 0.0947. The number of rotatable bonds is 6. The van der Waals surface area contributed by atoms with Crippen molar-refractivity contribution in [2.45, 2.75) is 44.7 Å². The van der Waals surface area contributed by atoms with Crippen LogP contribution in [-0.4, -0.2) is 40.6 Å². The molecular weight excluding hydrogens is 222 g/mol. The number of hydrogen-bond donors (Lipinski definition) is 2. The number of nitrogens with zero attached hydrogens (tertiary/aromatic N) is 2. The van der Waals surface area contributed by atoms with Gasteiger partial charge in [0.05, 0.1) is 18.9 Å². The van der Waals surface area contributed by atoms with Crippen LogP contribution in [0.4, 0.5) is 4.79 Å². The van der Waals surface area contributed by atoms with Crippen LogP contribution in [0.25, 0.3) is 0 Å². The lowest BCUT2D eigenvalue weighted by Gasteiger charge is -2.23. The van der Waals surface area contributed by atoms with Gasteiger partial charge in [0.25, 0.3) is 0 Å². The summed E-state index contributed by atoms with van der Waals surface area (Å²) >= 11 is 0. The Hall–Kier alpha value is -1.77. The van der Waals surface area contributed by atoms with E-state index in [4.69, 9.17) is 10.4 Å². The molecule has 0 aromatic rings. The van der Waals surface area contributed by atoms with Crippen molar-refractivity contribution in [3.63, 3.8) is 0 Å². The predicted octanol–water partition coefficient (Wildman–Crippen LogP) is 0.937. The van der Waals surface area contributed by atoms with E-state index in [0.29, 0.717) is 13.0 Å². The third kappa shape index (κ3) is 4.72. The number of carboxylic acids is 1. The molecular formula is C11H17N3O3. The van der Waals surface area contributed by atoms with Gasteiger partial charge in [-0.3, -0.25) is 4.79 Å². The number of urea groups is 1. The van der Waals surface area contributed by atoms with Crippen molar-refractivity contribution >= 4 is 12.0 Å². The van der Waals surface area contributed by atoms with Crippen molar-refractivity contribution in [2.24, 2.45) is 0 Å². The molecule has 0 saturated heterocycles. The maximum atomic E-state index is 11.8. The molecule has 0 bridgehead atoms. The van der Waals surface area contributed by atoms with E-state index in [0.717, 1.165) is 12.8 Å². The third-order valence-electron chi connectivity index (χ3n) is 2.56. The molecule has 0 spiro atoms. The minimum Gasteiger partial charge on any atom is -0.481 e. The Morgan fingerprint density at radius 1 is 1.59 bits per heavy atom. The zero-order valence-electron chi connectivity index (χ0n) is 9.85. The van der Waals surface area contributed by atoms with Crippen LogP contribution >= 0.6 is 0 Å². The number of carbonyl (C=O) groups is 2. The molecule has 0 heterocycles. The van der Waals surface area contributed by atoms with Gasteiger partial charge >= 0.3 is 12.0 Å². The average Bonchev–Trinajstić information content (AvgIpc) is 3.00. The highest BCUT2D eigenvalue weighted by Gasteiger charge is 2.32. The molecule has 1 fully saturated rings. The molecule has 0 aromatic carbocycles. The Balaban J connectivity index is 2.42. The quantitative estimate of drug-likeness (QED) is 0.721. The summed E-state index contributed by atoms with van der Waals surface area (Å²) in [7, 11) is 0. The summed E-state index contributed by atoms with van der Waals surface area (Å²) in [6.07, 6.45) is 2.14. The van der Waals surface area contributed by atoms with Gasteiger partial charge < -0.3 is 15.3 Å². The second kappa shape index (κ2) is 6.09. The lowest BCUT2D eigenvalue weighted by molar-refractivity contribution is -0.137. The molecule has 94 valence electrons. The van der Waals surface area contributed by atoms with Crippen molar-refractivity contribution in [2.75, 3.05) is 6.54 Å². The highest BCUT2D eigenvalue weighted by atomic mass is 16.4. The van der Waals surface area contributed by atoms with Gasteiger partial charge in [0, 0.05) is 18.6 Å². The first-order chi connectivity index (χ1) is 8.04. The standard InChI is InChI=1S/C11H17N3O3/c1-8(7-10(15)16)13-11(17)14(6-2-5-12)9-3-4-9/h8-9H,2-4,6-7H2,1H3,(H,13,17)(H,15,16). The maximum absolute atomic E-state index is 11.8. The monoisotopic (exact) mass is 239 g/mol. The summed E-state index contributed by atoms with van der Waals surface area (Å²) in [5, 5.41) is 19.7. The Morgan fingerprint density at radius 3 is 2.71 bits per heavy atom. The SMILES string of the molecule is CC(CC(=O)O)NC(=O)N(CCC#N)C1CC1. The fourth-order valence-electron chi connectivity index (χ4n) is 1.61. The van der Waals surface area contributed by atoms with Crippen LogP contribution < -0.4 is 5.32 Å². The first kappa shape index (κ1) is 13.3. The van der Waals surface area contributed by atoms with Gasteiger partial charge in [-0.25, -0.2) is 4.79 Å². The topological polar surface area (TPSA) is 93.4 Å². The molecule has 0 aliphatic heterocycles. The lowest BCUT2D eigenvalue weighted by atomic mass is 10.2. The maximum Gasteiger partial charge on any atom is 0.317 e. The van der Waals surface area contributed by atoms with E-state index in [1.54, 1.807) is 11.8 Å². The number of aliphatic carboxylic acids is 1. The van der Waals surface area contributed by atoms with E-state index < -0.39 is 12.0 Å². The van der Waals surface area contributed by atoms with E-state index in [-0.39, 0.29) is 18.5 Å². The van der Waals surface area contributed by atoms with Gasteiger partial charge in [-0.1, -0.05) is 0 Å². The Kier molecular flexibility index (Phi) is 4.76. The first-order valence-corrected chi connectivity index (χ1v) is 5.70. The highest BCUT2D eigenvalue weighted by molar-refractivity contribution is 5.76. The van der Waals surface area contributed by atoms with Gasteiger partial charge in [0.15, 0.2) is 0 Å². The lowest BCUT2D eigenvalue weighted by Crippen LogP contribution is -2.45. The van der Waals surface area contributed by atoms with E-state index >= 15 is 0 Å². The summed E-state index contributed by atoms with van der Waals surface area (Å²) in [6, 6.07) is 1.56. The van der Waals surface area contributed by atoms with E-state index in [1.165, 1.54) is 0 Å². The zero-order valence-corrected chi connectivity index (χ0v) is 9.85. The van der Waals surface area contributed by atoms with Crippen molar-refractivity contribution in [1.82, 2.24) is 10.2 Å². The number of nitrogens with one attached hydrogen (secondary N) is 1. The van der Waals surface area contributed by atoms with Crippen LogP contribution in [0.2, 0.25) is 0 Å². The molecule has 0 radical (unpaired) electrons. The molecule has 6 heteroatoms. The number of hydrogen-bond acceptors (Lipinski definition) is 3. The second-order valence-corrected chi connectivity index (χ2v) is 4.28. The van der Waals surface area contributed by atoms with Crippen molar-refractivity contribution in [1.29, 1.82) is 5.26 Å². The van der Waals surface area contributed by atoms with Gasteiger partial charge in [-0.2, -0.15) is 5.26 Å². The molecule has 1 aliphatic rings. The summed E-state index contributed by atoms with van der Waals surface area (Å²) in [4.78, 5) is 23.9. The molecule has 6 nitrogen and oxygen atoms in total. The normalized spacial score (nSPS) is 15.8. The number of nitriles is 1. The number of carbonyl (C=O) groups excluding carboxylic acids is 1.